The SMILES string of the molecule is O=C1OCC[C@@]12CCN(Cc1ccccc1)C2. The summed E-state index contributed by atoms with van der Waals surface area (Å²) in [6, 6.07) is 10.4. The van der Waals surface area contributed by atoms with Crippen LogP contribution in [-0.2, 0) is 16.1 Å². The van der Waals surface area contributed by atoms with Gasteiger partial charge in [0.2, 0.25) is 0 Å². The lowest BCUT2D eigenvalue weighted by atomic mass is 9.86. The van der Waals surface area contributed by atoms with E-state index in [9.17, 15) is 4.79 Å². The highest BCUT2D eigenvalue weighted by molar-refractivity contribution is 5.79. The van der Waals surface area contributed by atoms with Crippen molar-refractivity contribution in [1.29, 1.82) is 0 Å². The minimum Gasteiger partial charge on any atom is -0.465 e. The smallest absolute Gasteiger partial charge is 0.313 e. The third-order valence-electron chi connectivity index (χ3n) is 3.93. The Kier molecular flexibility index (Phi) is 2.63. The molecular weight excluding hydrogens is 214 g/mol. The fourth-order valence-corrected chi connectivity index (χ4v) is 2.90. The van der Waals surface area contributed by atoms with Crippen LogP contribution in [0.25, 0.3) is 0 Å². The monoisotopic (exact) mass is 231 g/mol. The van der Waals surface area contributed by atoms with Crippen LogP contribution in [0.3, 0.4) is 0 Å². The Balaban J connectivity index is 1.67. The first kappa shape index (κ1) is 10.8. The van der Waals surface area contributed by atoms with Gasteiger partial charge in [-0.15, -0.1) is 0 Å². The lowest BCUT2D eigenvalue weighted by molar-refractivity contribution is -0.145. The molecule has 3 rings (SSSR count). The second-order valence-electron chi connectivity index (χ2n) is 5.11. The molecule has 17 heavy (non-hydrogen) atoms. The zero-order valence-electron chi connectivity index (χ0n) is 9.89. The van der Waals surface area contributed by atoms with Gasteiger partial charge in [-0.2, -0.15) is 0 Å². The number of ether oxygens (including phenoxy) is 1. The summed E-state index contributed by atoms with van der Waals surface area (Å²) in [7, 11) is 0. The highest BCUT2D eigenvalue weighted by atomic mass is 16.5. The lowest BCUT2D eigenvalue weighted by Gasteiger charge is -2.19. The Morgan fingerprint density at radius 2 is 2.06 bits per heavy atom. The van der Waals surface area contributed by atoms with E-state index in [-0.39, 0.29) is 11.4 Å². The van der Waals surface area contributed by atoms with E-state index in [0.717, 1.165) is 32.5 Å². The van der Waals surface area contributed by atoms with Crippen LogP contribution in [-0.4, -0.2) is 30.6 Å². The summed E-state index contributed by atoms with van der Waals surface area (Å²) in [5.74, 6) is 0.0214. The number of benzene rings is 1. The van der Waals surface area contributed by atoms with Crippen LogP contribution in [0.1, 0.15) is 18.4 Å². The molecule has 0 bridgehead atoms. The molecule has 90 valence electrons. The van der Waals surface area contributed by atoms with E-state index in [1.165, 1.54) is 5.56 Å². The largest absolute Gasteiger partial charge is 0.465 e. The minimum absolute atomic E-state index is 0.0214. The standard InChI is InChI=1S/C14H17NO2/c16-13-14(7-9-17-13)6-8-15(11-14)10-12-4-2-1-3-5-12/h1-5H,6-11H2/t14-/m1/s1. The number of likely N-dealkylation sites (tertiary alicyclic amines) is 1. The molecule has 2 fully saturated rings. The molecule has 0 saturated carbocycles. The summed E-state index contributed by atoms with van der Waals surface area (Å²) >= 11 is 0. The molecule has 1 atom stereocenters. The van der Waals surface area contributed by atoms with E-state index in [0.29, 0.717) is 6.61 Å². The molecule has 0 aliphatic carbocycles. The van der Waals surface area contributed by atoms with Crippen molar-refractivity contribution in [3.05, 3.63) is 35.9 Å². The predicted molar refractivity (Wildman–Crippen MR) is 64.3 cm³/mol. The third kappa shape index (κ3) is 1.95. The number of hydrogen-bond donors (Lipinski definition) is 0. The number of cyclic esters (lactones) is 1. The quantitative estimate of drug-likeness (QED) is 0.727. The van der Waals surface area contributed by atoms with Gasteiger partial charge in [0.25, 0.3) is 0 Å². The zero-order valence-corrected chi connectivity index (χ0v) is 9.89. The van der Waals surface area contributed by atoms with Gasteiger partial charge in [0.1, 0.15) is 0 Å². The molecule has 3 heteroatoms. The van der Waals surface area contributed by atoms with Crippen LogP contribution in [0.5, 0.6) is 0 Å². The molecule has 2 saturated heterocycles. The average Bonchev–Trinajstić information content (AvgIpc) is 2.90. The van der Waals surface area contributed by atoms with Crippen LogP contribution >= 0.6 is 0 Å². The van der Waals surface area contributed by atoms with Gasteiger partial charge in [-0.25, -0.2) is 0 Å². The van der Waals surface area contributed by atoms with Crippen molar-refractivity contribution < 1.29 is 9.53 Å². The Labute approximate surface area is 101 Å². The van der Waals surface area contributed by atoms with Gasteiger partial charge < -0.3 is 4.74 Å². The molecule has 1 aromatic rings. The van der Waals surface area contributed by atoms with Gasteiger partial charge >= 0.3 is 5.97 Å². The normalized spacial score (nSPS) is 28.8. The first-order valence-electron chi connectivity index (χ1n) is 6.22. The number of carbonyl (C=O) groups is 1. The van der Waals surface area contributed by atoms with Crippen molar-refractivity contribution in [3.63, 3.8) is 0 Å². The number of carbonyl (C=O) groups excluding carboxylic acids is 1. The van der Waals surface area contributed by atoms with Crippen molar-refractivity contribution in [2.75, 3.05) is 19.7 Å². The molecule has 0 unspecified atom stereocenters. The van der Waals surface area contributed by atoms with Gasteiger partial charge in [-0.3, -0.25) is 9.69 Å². The number of esters is 1. The molecule has 0 aromatic heterocycles. The number of hydrogen-bond acceptors (Lipinski definition) is 3. The fourth-order valence-electron chi connectivity index (χ4n) is 2.90. The number of nitrogens with zero attached hydrogens (tertiary/aromatic N) is 1. The fraction of sp³-hybridized carbons (Fsp3) is 0.500. The predicted octanol–water partition coefficient (Wildman–Crippen LogP) is 1.83. The summed E-state index contributed by atoms with van der Waals surface area (Å²) in [6.07, 6.45) is 1.86. The van der Waals surface area contributed by atoms with Crippen molar-refractivity contribution in [2.24, 2.45) is 5.41 Å². The molecular formula is C14H17NO2. The summed E-state index contributed by atoms with van der Waals surface area (Å²) in [5, 5.41) is 0. The molecule has 2 aliphatic rings. The topological polar surface area (TPSA) is 29.5 Å². The zero-order chi connectivity index (χ0) is 11.7. The Morgan fingerprint density at radius 3 is 2.76 bits per heavy atom. The maximum absolute atomic E-state index is 11.7. The lowest BCUT2D eigenvalue weighted by Crippen LogP contribution is -2.30. The summed E-state index contributed by atoms with van der Waals surface area (Å²) in [6.45, 7) is 3.42. The summed E-state index contributed by atoms with van der Waals surface area (Å²) in [4.78, 5) is 14.1. The van der Waals surface area contributed by atoms with Gasteiger partial charge in [0.05, 0.1) is 12.0 Å². The molecule has 2 heterocycles. The Hall–Kier alpha value is -1.35. The van der Waals surface area contributed by atoms with E-state index < -0.39 is 0 Å². The maximum Gasteiger partial charge on any atom is 0.313 e. The second kappa shape index (κ2) is 4.15. The first-order valence-corrected chi connectivity index (χ1v) is 6.22. The van der Waals surface area contributed by atoms with E-state index in [1.54, 1.807) is 0 Å². The van der Waals surface area contributed by atoms with Gasteiger partial charge in [0, 0.05) is 13.1 Å². The highest BCUT2D eigenvalue weighted by Gasteiger charge is 2.48. The van der Waals surface area contributed by atoms with Crippen LogP contribution in [0.2, 0.25) is 0 Å². The molecule has 0 N–H and O–H groups in total. The van der Waals surface area contributed by atoms with Gasteiger partial charge in [-0.05, 0) is 24.9 Å². The molecule has 3 nitrogen and oxygen atoms in total. The van der Waals surface area contributed by atoms with E-state index in [1.807, 2.05) is 6.07 Å². The van der Waals surface area contributed by atoms with Crippen molar-refractivity contribution >= 4 is 5.97 Å². The highest BCUT2D eigenvalue weighted by Crippen LogP contribution is 2.39. The van der Waals surface area contributed by atoms with Gasteiger partial charge in [0.15, 0.2) is 0 Å². The Morgan fingerprint density at radius 1 is 1.24 bits per heavy atom. The summed E-state index contributed by atoms with van der Waals surface area (Å²) < 4.78 is 5.12. The number of rotatable bonds is 2. The van der Waals surface area contributed by atoms with E-state index >= 15 is 0 Å². The molecule has 2 aliphatic heterocycles. The van der Waals surface area contributed by atoms with Crippen molar-refractivity contribution in [1.82, 2.24) is 4.90 Å². The van der Waals surface area contributed by atoms with Crippen LogP contribution in [0, 0.1) is 5.41 Å². The summed E-state index contributed by atoms with van der Waals surface area (Å²) in [5.41, 5.74) is 1.13. The van der Waals surface area contributed by atoms with Crippen molar-refractivity contribution in [2.45, 2.75) is 19.4 Å². The van der Waals surface area contributed by atoms with E-state index in [4.69, 9.17) is 4.74 Å². The van der Waals surface area contributed by atoms with Gasteiger partial charge in [-0.1, -0.05) is 30.3 Å². The van der Waals surface area contributed by atoms with Crippen LogP contribution in [0.15, 0.2) is 30.3 Å². The minimum atomic E-state index is -0.186. The third-order valence-corrected chi connectivity index (χ3v) is 3.93. The van der Waals surface area contributed by atoms with Crippen molar-refractivity contribution in [3.8, 4) is 0 Å². The molecule has 0 radical (unpaired) electrons. The maximum atomic E-state index is 11.7. The van der Waals surface area contributed by atoms with E-state index in [2.05, 4.69) is 29.2 Å². The Bertz CT molecular complexity index is 417. The molecule has 1 aromatic carbocycles. The first-order chi connectivity index (χ1) is 8.28. The second-order valence-corrected chi connectivity index (χ2v) is 5.11. The average molecular weight is 231 g/mol. The molecule has 0 amide bonds. The van der Waals surface area contributed by atoms with Crippen LogP contribution < -0.4 is 0 Å². The van der Waals surface area contributed by atoms with Crippen LogP contribution in [0.4, 0.5) is 0 Å². The molecule has 1 spiro atoms.